The van der Waals surface area contributed by atoms with Crippen LogP contribution >= 0.6 is 0 Å². The van der Waals surface area contributed by atoms with Gasteiger partial charge in [0.05, 0.1) is 26.9 Å². The molecule has 0 atom stereocenters. The van der Waals surface area contributed by atoms with Crippen LogP contribution in [0.15, 0.2) is 52.0 Å². The smallest absolute Gasteiger partial charge is 0.140 e. The summed E-state index contributed by atoms with van der Waals surface area (Å²) in [5.41, 5.74) is 1.26. The molecule has 6 nitrogen and oxygen atoms in total. The lowest BCUT2D eigenvalue weighted by molar-refractivity contribution is 0.302. The molecule has 0 aliphatic rings. The third kappa shape index (κ3) is 2.74. The highest BCUT2D eigenvalue weighted by atomic mass is 16.5. The van der Waals surface area contributed by atoms with Crippen LogP contribution in [0.1, 0.15) is 0 Å². The molecule has 0 amide bonds. The number of nitrogens with zero attached hydrogens (tertiary/aromatic N) is 1. The maximum atomic E-state index is 9.34. The molecule has 1 N–H and O–H groups in total. The number of benzene rings is 2. The summed E-state index contributed by atoms with van der Waals surface area (Å²) < 4.78 is 21.8. The molecule has 0 aliphatic heterocycles. The quantitative estimate of drug-likeness (QED) is 0.587. The van der Waals surface area contributed by atoms with Crippen LogP contribution in [0.4, 0.5) is 0 Å². The summed E-state index contributed by atoms with van der Waals surface area (Å²) >= 11 is 0. The Labute approximate surface area is 138 Å². The van der Waals surface area contributed by atoms with Gasteiger partial charge in [-0.15, -0.1) is 0 Å². The van der Waals surface area contributed by atoms with Gasteiger partial charge in [0.15, 0.2) is 0 Å². The SMILES string of the molecule is COc1ccc(-c2c/c(=N/O)c3ccc(OC)cc3o2)c(OC)c1. The lowest BCUT2D eigenvalue weighted by Gasteiger charge is -2.11. The molecule has 24 heavy (non-hydrogen) atoms. The van der Waals surface area contributed by atoms with Gasteiger partial charge in [0, 0.05) is 23.6 Å². The van der Waals surface area contributed by atoms with E-state index in [-0.39, 0.29) is 0 Å². The molecule has 0 saturated heterocycles. The second-order valence-corrected chi connectivity index (χ2v) is 5.02. The van der Waals surface area contributed by atoms with E-state index in [0.717, 1.165) is 0 Å². The minimum absolute atomic E-state index is 0.395. The molecule has 2 aromatic carbocycles. The average Bonchev–Trinajstić information content (AvgIpc) is 2.65. The standard InChI is InChI=1S/C18H17NO5/c1-21-11-5-7-14(16(8-11)23-3)18-10-15(19-20)13-6-4-12(22-2)9-17(13)24-18/h4-10,20H,1-3H3/b19-15-. The Morgan fingerprint density at radius 1 is 0.875 bits per heavy atom. The van der Waals surface area contributed by atoms with Crippen LogP contribution in [0, 0.1) is 0 Å². The average molecular weight is 327 g/mol. The molecular weight excluding hydrogens is 310 g/mol. The Hall–Kier alpha value is -3.15. The third-order valence-electron chi connectivity index (χ3n) is 3.73. The fourth-order valence-corrected chi connectivity index (χ4v) is 2.49. The van der Waals surface area contributed by atoms with Gasteiger partial charge in [0.1, 0.15) is 33.9 Å². The maximum Gasteiger partial charge on any atom is 0.140 e. The summed E-state index contributed by atoms with van der Waals surface area (Å²) in [4.78, 5) is 0. The number of rotatable bonds is 4. The second-order valence-electron chi connectivity index (χ2n) is 5.02. The van der Waals surface area contributed by atoms with Crippen molar-refractivity contribution in [1.82, 2.24) is 0 Å². The Kier molecular flexibility index (Phi) is 4.29. The summed E-state index contributed by atoms with van der Waals surface area (Å²) in [6, 6.07) is 12.3. The van der Waals surface area contributed by atoms with Gasteiger partial charge >= 0.3 is 0 Å². The van der Waals surface area contributed by atoms with E-state index < -0.39 is 0 Å². The Morgan fingerprint density at radius 2 is 1.58 bits per heavy atom. The van der Waals surface area contributed by atoms with E-state index in [1.54, 1.807) is 57.7 Å². The molecule has 3 rings (SSSR count). The van der Waals surface area contributed by atoms with Crippen LogP contribution in [0.25, 0.3) is 22.3 Å². The van der Waals surface area contributed by atoms with Crippen molar-refractivity contribution in [2.45, 2.75) is 0 Å². The van der Waals surface area contributed by atoms with Crippen LogP contribution in [-0.2, 0) is 0 Å². The molecule has 0 saturated carbocycles. The third-order valence-corrected chi connectivity index (χ3v) is 3.73. The molecule has 0 spiro atoms. The van der Waals surface area contributed by atoms with Gasteiger partial charge in [-0.2, -0.15) is 0 Å². The van der Waals surface area contributed by atoms with Gasteiger partial charge in [-0.25, -0.2) is 0 Å². The van der Waals surface area contributed by atoms with Gasteiger partial charge < -0.3 is 23.8 Å². The first-order valence-corrected chi connectivity index (χ1v) is 7.22. The monoisotopic (exact) mass is 327 g/mol. The Morgan fingerprint density at radius 3 is 2.25 bits per heavy atom. The number of hydrogen-bond donors (Lipinski definition) is 1. The Balaban J connectivity index is 2.27. The van der Waals surface area contributed by atoms with Crippen molar-refractivity contribution in [1.29, 1.82) is 0 Å². The molecular formula is C18H17NO5. The van der Waals surface area contributed by atoms with E-state index in [4.69, 9.17) is 18.6 Å². The summed E-state index contributed by atoms with van der Waals surface area (Å²) in [6.07, 6.45) is 0. The molecule has 1 heterocycles. The van der Waals surface area contributed by atoms with E-state index in [2.05, 4.69) is 5.16 Å². The molecule has 0 bridgehead atoms. The molecule has 0 unspecified atom stereocenters. The zero-order valence-corrected chi connectivity index (χ0v) is 13.6. The molecule has 124 valence electrons. The van der Waals surface area contributed by atoms with Crippen molar-refractivity contribution in [2.75, 3.05) is 21.3 Å². The van der Waals surface area contributed by atoms with Crippen molar-refractivity contribution >= 4 is 11.0 Å². The first-order valence-electron chi connectivity index (χ1n) is 7.22. The topological polar surface area (TPSA) is 73.4 Å². The zero-order valence-electron chi connectivity index (χ0n) is 13.6. The summed E-state index contributed by atoms with van der Waals surface area (Å²) in [5.74, 6) is 2.41. The second kappa shape index (κ2) is 6.54. The van der Waals surface area contributed by atoms with E-state index in [1.807, 2.05) is 6.07 Å². The lowest BCUT2D eigenvalue weighted by Crippen LogP contribution is -2.04. The lowest BCUT2D eigenvalue weighted by atomic mass is 10.1. The van der Waals surface area contributed by atoms with Crippen molar-refractivity contribution < 1.29 is 23.8 Å². The number of methoxy groups -OCH3 is 3. The molecule has 3 aromatic rings. The van der Waals surface area contributed by atoms with E-state index >= 15 is 0 Å². The highest BCUT2D eigenvalue weighted by Gasteiger charge is 2.13. The minimum atomic E-state index is 0.395. The van der Waals surface area contributed by atoms with Gasteiger partial charge in [-0.1, -0.05) is 5.16 Å². The fraction of sp³-hybridized carbons (Fsp3) is 0.167. The van der Waals surface area contributed by atoms with Crippen molar-refractivity contribution in [3.8, 4) is 28.6 Å². The number of hydrogen-bond acceptors (Lipinski definition) is 6. The highest BCUT2D eigenvalue weighted by molar-refractivity contribution is 5.80. The van der Waals surface area contributed by atoms with E-state index in [1.165, 1.54) is 0 Å². The largest absolute Gasteiger partial charge is 0.497 e. The number of ether oxygens (including phenoxy) is 3. The molecule has 6 heteroatoms. The molecule has 0 fully saturated rings. The zero-order chi connectivity index (χ0) is 17.1. The normalized spacial score (nSPS) is 11.5. The summed E-state index contributed by atoms with van der Waals surface area (Å²) in [7, 11) is 4.73. The molecule has 0 aliphatic carbocycles. The van der Waals surface area contributed by atoms with Crippen molar-refractivity contribution in [3.05, 3.63) is 47.8 Å². The fourth-order valence-electron chi connectivity index (χ4n) is 2.49. The van der Waals surface area contributed by atoms with Crippen LogP contribution < -0.4 is 19.6 Å². The van der Waals surface area contributed by atoms with Crippen LogP contribution in [0.5, 0.6) is 17.2 Å². The number of fused-ring (bicyclic) bond motifs is 1. The summed E-state index contributed by atoms with van der Waals surface area (Å²) in [6.45, 7) is 0. The van der Waals surface area contributed by atoms with Gasteiger partial charge in [0.2, 0.25) is 0 Å². The van der Waals surface area contributed by atoms with E-state index in [9.17, 15) is 5.21 Å². The minimum Gasteiger partial charge on any atom is -0.497 e. The highest BCUT2D eigenvalue weighted by Crippen LogP contribution is 2.34. The predicted octanol–water partition coefficient (Wildman–Crippen LogP) is 3.42. The summed E-state index contributed by atoms with van der Waals surface area (Å²) in [5, 5.41) is 13.8. The van der Waals surface area contributed by atoms with Gasteiger partial charge in [-0.3, -0.25) is 0 Å². The maximum absolute atomic E-state index is 9.34. The van der Waals surface area contributed by atoms with Crippen molar-refractivity contribution in [2.24, 2.45) is 5.16 Å². The predicted molar refractivity (Wildman–Crippen MR) is 88.7 cm³/mol. The first kappa shape index (κ1) is 15.7. The van der Waals surface area contributed by atoms with Crippen LogP contribution in [-0.4, -0.2) is 26.5 Å². The molecule has 1 aromatic heterocycles. The van der Waals surface area contributed by atoms with Gasteiger partial charge in [-0.05, 0) is 24.3 Å². The van der Waals surface area contributed by atoms with Crippen LogP contribution in [0.3, 0.4) is 0 Å². The Bertz CT molecular complexity index is 946. The van der Waals surface area contributed by atoms with Crippen molar-refractivity contribution in [3.63, 3.8) is 0 Å². The van der Waals surface area contributed by atoms with E-state index in [0.29, 0.717) is 44.9 Å². The molecule has 0 radical (unpaired) electrons. The van der Waals surface area contributed by atoms with Gasteiger partial charge in [0.25, 0.3) is 0 Å². The first-order chi connectivity index (χ1) is 11.7. The van der Waals surface area contributed by atoms with Crippen LogP contribution in [0.2, 0.25) is 0 Å².